The molecule has 2 aliphatic heterocycles. The van der Waals surface area contributed by atoms with Crippen LogP contribution >= 0.6 is 0 Å². The van der Waals surface area contributed by atoms with Crippen molar-refractivity contribution in [3.63, 3.8) is 0 Å². The maximum absolute atomic E-state index is 14.0. The molecular formula is C21H21F2N5O. The SMILES string of the molecule is CN(c1ccc(-c2cc3cccnc3cc2O)nn1)[C@H]1C[C@@H]2CC(F)(F)[C@@H](C1)N2. The van der Waals surface area contributed by atoms with Crippen molar-refractivity contribution < 1.29 is 13.9 Å². The van der Waals surface area contributed by atoms with E-state index in [4.69, 9.17) is 0 Å². The summed E-state index contributed by atoms with van der Waals surface area (Å²) in [6.07, 6.45) is 2.61. The molecule has 0 spiro atoms. The second-order valence-electron chi connectivity index (χ2n) is 7.96. The molecule has 3 atom stereocenters. The summed E-state index contributed by atoms with van der Waals surface area (Å²) in [5, 5.41) is 22.9. The molecule has 0 unspecified atom stereocenters. The second-order valence-corrected chi connectivity index (χ2v) is 7.96. The molecular weight excluding hydrogens is 376 g/mol. The van der Waals surface area contributed by atoms with Crippen LogP contribution in [0.25, 0.3) is 22.2 Å². The van der Waals surface area contributed by atoms with Gasteiger partial charge in [-0.05, 0) is 37.1 Å². The number of phenolic OH excluding ortho intramolecular Hbond substituents is 1. The molecule has 3 aromatic rings. The van der Waals surface area contributed by atoms with E-state index < -0.39 is 12.0 Å². The van der Waals surface area contributed by atoms with Crippen LogP contribution in [0.1, 0.15) is 19.3 Å². The van der Waals surface area contributed by atoms with Crippen LogP contribution in [0.4, 0.5) is 14.6 Å². The molecule has 0 aliphatic carbocycles. The summed E-state index contributed by atoms with van der Waals surface area (Å²) in [5.74, 6) is -1.92. The lowest BCUT2D eigenvalue weighted by atomic mass is 9.98. The molecule has 2 aliphatic rings. The predicted molar refractivity (Wildman–Crippen MR) is 106 cm³/mol. The Balaban J connectivity index is 1.39. The summed E-state index contributed by atoms with van der Waals surface area (Å²) in [5.41, 5.74) is 1.82. The van der Waals surface area contributed by atoms with Crippen LogP contribution in [0.2, 0.25) is 0 Å². The minimum Gasteiger partial charge on any atom is -0.507 e. The third-order valence-corrected chi connectivity index (χ3v) is 6.09. The fourth-order valence-corrected chi connectivity index (χ4v) is 4.50. The van der Waals surface area contributed by atoms with Gasteiger partial charge in [0.1, 0.15) is 5.75 Å². The Morgan fingerprint density at radius 3 is 2.79 bits per heavy atom. The highest BCUT2D eigenvalue weighted by molar-refractivity contribution is 5.87. The van der Waals surface area contributed by atoms with Gasteiger partial charge in [0, 0.05) is 48.8 Å². The largest absolute Gasteiger partial charge is 0.507 e. The zero-order chi connectivity index (χ0) is 20.2. The van der Waals surface area contributed by atoms with Crippen LogP contribution in [0.5, 0.6) is 5.75 Å². The third kappa shape index (κ3) is 3.17. The number of nitrogens with zero attached hydrogens (tertiary/aromatic N) is 4. The summed E-state index contributed by atoms with van der Waals surface area (Å²) in [6.45, 7) is 0. The summed E-state index contributed by atoms with van der Waals surface area (Å²) in [4.78, 5) is 6.17. The Morgan fingerprint density at radius 1 is 1.17 bits per heavy atom. The van der Waals surface area contributed by atoms with Gasteiger partial charge in [-0.2, -0.15) is 0 Å². The number of hydrogen-bond donors (Lipinski definition) is 2. The molecule has 4 heterocycles. The lowest BCUT2D eigenvalue weighted by Gasteiger charge is -2.36. The first-order valence-electron chi connectivity index (χ1n) is 9.69. The number of rotatable bonds is 3. The van der Waals surface area contributed by atoms with E-state index in [1.807, 2.05) is 36.2 Å². The molecule has 0 amide bonds. The number of alkyl halides is 2. The Kier molecular flexibility index (Phi) is 4.13. The first-order chi connectivity index (χ1) is 13.9. The average Bonchev–Trinajstić information content (AvgIpc) is 2.93. The van der Waals surface area contributed by atoms with Crippen molar-refractivity contribution in [2.75, 3.05) is 11.9 Å². The van der Waals surface area contributed by atoms with Gasteiger partial charge < -0.3 is 15.3 Å². The number of fused-ring (bicyclic) bond motifs is 3. The molecule has 6 nitrogen and oxygen atoms in total. The van der Waals surface area contributed by atoms with Gasteiger partial charge >= 0.3 is 0 Å². The fourth-order valence-electron chi connectivity index (χ4n) is 4.50. The van der Waals surface area contributed by atoms with Crippen molar-refractivity contribution in [3.05, 3.63) is 42.6 Å². The number of pyridine rings is 1. The lowest BCUT2D eigenvalue weighted by molar-refractivity contribution is -0.0128. The maximum Gasteiger partial charge on any atom is 0.264 e. The zero-order valence-electron chi connectivity index (χ0n) is 15.9. The number of aromatic hydroxyl groups is 1. The van der Waals surface area contributed by atoms with Crippen LogP contribution in [0.15, 0.2) is 42.6 Å². The molecule has 5 rings (SSSR count). The molecule has 2 N–H and O–H groups in total. The van der Waals surface area contributed by atoms with E-state index in [1.54, 1.807) is 18.3 Å². The number of benzene rings is 1. The van der Waals surface area contributed by atoms with E-state index in [-0.39, 0.29) is 24.3 Å². The second kappa shape index (κ2) is 6.59. The standard InChI is InChI=1S/C21H21F2N5O/c1-28(14-8-13-11-21(22,23)19(9-14)25-13)20-5-4-16(26-27-20)15-7-12-3-2-6-24-17(12)10-18(15)29/h2-7,10,13-14,19,25,29H,8-9,11H2,1H3/t13-,14+,19-/m1/s1. The summed E-state index contributed by atoms with van der Waals surface area (Å²) < 4.78 is 28.0. The van der Waals surface area contributed by atoms with Crippen molar-refractivity contribution in [3.8, 4) is 17.0 Å². The quantitative estimate of drug-likeness (QED) is 0.706. The molecule has 1 aromatic carbocycles. The molecule has 0 radical (unpaired) electrons. The van der Waals surface area contributed by atoms with E-state index in [2.05, 4.69) is 20.5 Å². The van der Waals surface area contributed by atoms with Crippen molar-refractivity contribution in [1.82, 2.24) is 20.5 Å². The highest BCUT2D eigenvalue weighted by Crippen LogP contribution is 2.40. The van der Waals surface area contributed by atoms with E-state index >= 15 is 0 Å². The van der Waals surface area contributed by atoms with Crippen LogP contribution in [-0.2, 0) is 0 Å². The first-order valence-corrected chi connectivity index (χ1v) is 9.69. The van der Waals surface area contributed by atoms with Gasteiger partial charge in [0.15, 0.2) is 5.82 Å². The molecule has 2 saturated heterocycles. The smallest absolute Gasteiger partial charge is 0.264 e. The van der Waals surface area contributed by atoms with E-state index in [0.29, 0.717) is 35.4 Å². The zero-order valence-corrected chi connectivity index (χ0v) is 15.9. The number of halogens is 2. The van der Waals surface area contributed by atoms with E-state index in [9.17, 15) is 13.9 Å². The molecule has 0 saturated carbocycles. The van der Waals surface area contributed by atoms with Gasteiger partial charge in [-0.15, -0.1) is 10.2 Å². The van der Waals surface area contributed by atoms with Gasteiger partial charge in [0.2, 0.25) is 0 Å². The van der Waals surface area contributed by atoms with Gasteiger partial charge in [-0.3, -0.25) is 4.98 Å². The van der Waals surface area contributed by atoms with Gasteiger partial charge in [0.05, 0.1) is 17.3 Å². The van der Waals surface area contributed by atoms with Crippen molar-refractivity contribution >= 4 is 16.7 Å². The van der Waals surface area contributed by atoms with E-state index in [1.165, 1.54) is 0 Å². The molecule has 150 valence electrons. The average molecular weight is 397 g/mol. The summed E-state index contributed by atoms with van der Waals surface area (Å²) in [7, 11) is 1.87. The highest BCUT2D eigenvalue weighted by Gasteiger charge is 2.53. The van der Waals surface area contributed by atoms with Crippen LogP contribution < -0.4 is 10.2 Å². The van der Waals surface area contributed by atoms with Gasteiger partial charge in [0.25, 0.3) is 5.92 Å². The molecule has 2 aromatic heterocycles. The molecule has 2 fully saturated rings. The minimum absolute atomic E-state index is 0.0140. The van der Waals surface area contributed by atoms with Gasteiger partial charge in [-0.25, -0.2) is 8.78 Å². The molecule has 2 bridgehead atoms. The number of hydrogen-bond acceptors (Lipinski definition) is 6. The van der Waals surface area contributed by atoms with Crippen molar-refractivity contribution in [2.24, 2.45) is 0 Å². The Labute approximate surface area is 166 Å². The molecule has 8 heteroatoms. The topological polar surface area (TPSA) is 74.2 Å². The highest BCUT2D eigenvalue weighted by atomic mass is 19.3. The van der Waals surface area contributed by atoms with Crippen LogP contribution in [-0.4, -0.2) is 51.4 Å². The van der Waals surface area contributed by atoms with Crippen molar-refractivity contribution in [2.45, 2.75) is 43.3 Å². The lowest BCUT2D eigenvalue weighted by Crippen LogP contribution is -2.49. The van der Waals surface area contributed by atoms with Crippen LogP contribution in [0.3, 0.4) is 0 Å². The Morgan fingerprint density at radius 2 is 2.03 bits per heavy atom. The van der Waals surface area contributed by atoms with E-state index in [0.717, 1.165) is 5.39 Å². The third-order valence-electron chi connectivity index (χ3n) is 6.09. The minimum atomic E-state index is -2.64. The predicted octanol–water partition coefficient (Wildman–Crippen LogP) is 3.36. The number of aromatic nitrogens is 3. The normalized spacial score (nSPS) is 25.3. The Hall–Kier alpha value is -2.87. The summed E-state index contributed by atoms with van der Waals surface area (Å²) >= 11 is 0. The van der Waals surface area contributed by atoms with Crippen LogP contribution in [0, 0.1) is 0 Å². The number of nitrogens with one attached hydrogen (secondary N) is 1. The monoisotopic (exact) mass is 397 g/mol. The number of phenols is 1. The summed E-state index contributed by atoms with van der Waals surface area (Å²) in [6, 6.07) is 9.85. The first kappa shape index (κ1) is 18.2. The maximum atomic E-state index is 14.0. The van der Waals surface area contributed by atoms with Crippen molar-refractivity contribution in [1.29, 1.82) is 0 Å². The number of anilines is 1. The Bertz CT molecular complexity index is 1060. The molecule has 29 heavy (non-hydrogen) atoms. The number of piperidine rings is 1. The fraction of sp³-hybridized carbons (Fsp3) is 0.381. The van der Waals surface area contributed by atoms with Gasteiger partial charge in [-0.1, -0.05) is 6.07 Å².